The molecule has 2 amide bonds. The highest BCUT2D eigenvalue weighted by Gasteiger charge is 2.27. The molecule has 1 aromatic carbocycles. The summed E-state index contributed by atoms with van der Waals surface area (Å²) in [4.78, 5) is 25.7. The van der Waals surface area contributed by atoms with Crippen molar-refractivity contribution in [3.05, 3.63) is 29.3 Å². The summed E-state index contributed by atoms with van der Waals surface area (Å²) in [5, 5.41) is 3.42. The molecule has 136 valence electrons. The molecule has 0 atom stereocenters. The van der Waals surface area contributed by atoms with Crippen LogP contribution in [0.25, 0.3) is 0 Å². The Kier molecular flexibility index (Phi) is 5.58. The lowest BCUT2D eigenvalue weighted by Crippen LogP contribution is -2.43. The first-order valence-corrected chi connectivity index (χ1v) is 9.29. The van der Waals surface area contributed by atoms with Crippen molar-refractivity contribution in [1.82, 2.24) is 4.90 Å². The lowest BCUT2D eigenvalue weighted by Gasteiger charge is -2.39. The highest BCUT2D eigenvalue weighted by atomic mass is 16.1. The highest BCUT2D eigenvalue weighted by molar-refractivity contribution is 6.01. The van der Waals surface area contributed by atoms with E-state index in [0.29, 0.717) is 28.9 Å². The van der Waals surface area contributed by atoms with Crippen molar-refractivity contribution in [3.63, 3.8) is 0 Å². The van der Waals surface area contributed by atoms with Crippen LogP contribution in [0.15, 0.2) is 18.2 Å². The minimum Gasteiger partial charge on any atom is -0.382 e. The number of primary amides is 2. The molecule has 1 saturated heterocycles. The third kappa shape index (κ3) is 4.31. The molecule has 1 aliphatic heterocycles. The van der Waals surface area contributed by atoms with Gasteiger partial charge in [0, 0.05) is 23.3 Å². The second kappa shape index (κ2) is 7.87. The Balaban J connectivity index is 1.64. The Bertz CT molecular complexity index is 632. The molecule has 0 radical (unpaired) electrons. The Labute approximate surface area is 148 Å². The van der Waals surface area contributed by atoms with E-state index in [4.69, 9.17) is 11.5 Å². The van der Waals surface area contributed by atoms with Gasteiger partial charge in [-0.2, -0.15) is 0 Å². The van der Waals surface area contributed by atoms with Gasteiger partial charge in [-0.15, -0.1) is 0 Å². The van der Waals surface area contributed by atoms with Crippen molar-refractivity contribution >= 4 is 17.5 Å². The van der Waals surface area contributed by atoms with Crippen LogP contribution in [0.3, 0.4) is 0 Å². The number of hydrogen-bond donors (Lipinski definition) is 3. The van der Waals surface area contributed by atoms with Crippen molar-refractivity contribution in [1.29, 1.82) is 0 Å². The Hall–Kier alpha value is -2.08. The average Bonchev–Trinajstić information content (AvgIpc) is 2.63. The molecule has 1 aliphatic carbocycles. The van der Waals surface area contributed by atoms with Crippen LogP contribution >= 0.6 is 0 Å². The van der Waals surface area contributed by atoms with E-state index in [1.54, 1.807) is 18.2 Å². The number of nitrogens with zero attached hydrogens (tertiary/aromatic N) is 1. The molecule has 0 aromatic heterocycles. The van der Waals surface area contributed by atoms with Gasteiger partial charge in [0.1, 0.15) is 0 Å². The zero-order chi connectivity index (χ0) is 17.8. The fourth-order valence-corrected chi connectivity index (χ4v) is 4.12. The summed E-state index contributed by atoms with van der Waals surface area (Å²) in [7, 11) is 0. The van der Waals surface area contributed by atoms with E-state index in [2.05, 4.69) is 10.2 Å². The van der Waals surface area contributed by atoms with Crippen LogP contribution in [-0.4, -0.2) is 41.9 Å². The molecule has 6 heteroatoms. The number of piperidine rings is 1. The first kappa shape index (κ1) is 17.7. The van der Waals surface area contributed by atoms with Crippen LogP contribution in [-0.2, 0) is 0 Å². The first-order valence-electron chi connectivity index (χ1n) is 9.29. The number of amides is 2. The zero-order valence-electron chi connectivity index (χ0n) is 14.7. The molecule has 25 heavy (non-hydrogen) atoms. The lowest BCUT2D eigenvalue weighted by molar-refractivity contribution is 0.0988. The molecule has 2 fully saturated rings. The van der Waals surface area contributed by atoms with Crippen molar-refractivity contribution in [2.24, 2.45) is 11.5 Å². The van der Waals surface area contributed by atoms with Gasteiger partial charge in [-0.25, -0.2) is 0 Å². The van der Waals surface area contributed by atoms with Crippen molar-refractivity contribution < 1.29 is 9.59 Å². The molecule has 6 nitrogen and oxygen atoms in total. The molecule has 2 aliphatic rings. The number of carbonyl (C=O) groups excluding carboxylic acids is 2. The van der Waals surface area contributed by atoms with Crippen LogP contribution in [0, 0.1) is 0 Å². The normalized spacial score (nSPS) is 24.6. The van der Waals surface area contributed by atoms with Crippen LogP contribution in [0.4, 0.5) is 5.69 Å². The van der Waals surface area contributed by atoms with E-state index in [9.17, 15) is 9.59 Å². The molecule has 0 bridgehead atoms. The smallest absolute Gasteiger partial charge is 0.250 e. The molecule has 1 saturated carbocycles. The quantitative estimate of drug-likeness (QED) is 0.761. The van der Waals surface area contributed by atoms with Crippen molar-refractivity contribution in [2.45, 2.75) is 57.0 Å². The van der Waals surface area contributed by atoms with E-state index in [1.165, 1.54) is 45.2 Å². The predicted molar refractivity (Wildman–Crippen MR) is 98.6 cm³/mol. The average molecular weight is 344 g/mol. The summed E-state index contributed by atoms with van der Waals surface area (Å²) in [5.74, 6) is -1.01. The monoisotopic (exact) mass is 344 g/mol. The Morgan fingerprint density at radius 3 is 2.24 bits per heavy atom. The third-order valence-corrected chi connectivity index (χ3v) is 5.53. The fourth-order valence-electron chi connectivity index (χ4n) is 4.12. The van der Waals surface area contributed by atoms with Crippen LogP contribution in [0.1, 0.15) is 65.7 Å². The standard InChI is InChI=1S/C19H28N4O2/c20-18(24)13-4-9-16(19(21)25)17(12-13)22-14-5-7-15(8-6-14)23-10-2-1-3-11-23/h4,9,12,14-15,22H,1-3,5-8,10-11H2,(H2,20,24)(H2,21,25). The minimum absolute atomic E-state index is 0.294. The lowest BCUT2D eigenvalue weighted by atomic mass is 9.89. The van der Waals surface area contributed by atoms with Gasteiger partial charge in [0.2, 0.25) is 5.91 Å². The molecule has 1 aromatic rings. The zero-order valence-corrected chi connectivity index (χ0v) is 14.7. The molecular weight excluding hydrogens is 316 g/mol. The van der Waals surface area contributed by atoms with E-state index in [0.717, 1.165) is 12.8 Å². The number of benzene rings is 1. The van der Waals surface area contributed by atoms with E-state index in [1.807, 2.05) is 0 Å². The third-order valence-electron chi connectivity index (χ3n) is 5.53. The van der Waals surface area contributed by atoms with E-state index >= 15 is 0 Å². The van der Waals surface area contributed by atoms with Gasteiger partial charge in [-0.3, -0.25) is 9.59 Å². The fraction of sp³-hybridized carbons (Fsp3) is 0.579. The van der Waals surface area contributed by atoms with Gasteiger partial charge in [-0.1, -0.05) is 6.42 Å². The molecule has 3 rings (SSSR count). The first-order chi connectivity index (χ1) is 12.0. The largest absolute Gasteiger partial charge is 0.382 e. The van der Waals surface area contributed by atoms with Gasteiger partial charge in [0.15, 0.2) is 0 Å². The molecular formula is C19H28N4O2. The number of likely N-dealkylation sites (tertiary alicyclic amines) is 1. The van der Waals surface area contributed by atoms with Gasteiger partial charge >= 0.3 is 0 Å². The second-order valence-corrected chi connectivity index (χ2v) is 7.24. The van der Waals surface area contributed by atoms with E-state index < -0.39 is 11.8 Å². The molecule has 0 unspecified atom stereocenters. The van der Waals surface area contributed by atoms with Crippen LogP contribution in [0.2, 0.25) is 0 Å². The van der Waals surface area contributed by atoms with Gasteiger partial charge in [0.25, 0.3) is 5.91 Å². The van der Waals surface area contributed by atoms with Crippen LogP contribution < -0.4 is 16.8 Å². The minimum atomic E-state index is -0.507. The SMILES string of the molecule is NC(=O)c1ccc(C(N)=O)c(NC2CCC(N3CCCCC3)CC2)c1. The summed E-state index contributed by atoms with van der Waals surface area (Å²) < 4.78 is 0. The topological polar surface area (TPSA) is 101 Å². The summed E-state index contributed by atoms with van der Waals surface area (Å²) in [5.41, 5.74) is 12.2. The van der Waals surface area contributed by atoms with Crippen molar-refractivity contribution in [2.75, 3.05) is 18.4 Å². The van der Waals surface area contributed by atoms with E-state index in [-0.39, 0.29) is 0 Å². The van der Waals surface area contributed by atoms with Gasteiger partial charge in [-0.05, 0) is 69.8 Å². The number of rotatable bonds is 5. The predicted octanol–water partition coefficient (Wildman–Crippen LogP) is 2.09. The maximum atomic E-state index is 11.7. The number of hydrogen-bond acceptors (Lipinski definition) is 4. The number of nitrogens with two attached hydrogens (primary N) is 2. The molecule has 0 spiro atoms. The summed E-state index contributed by atoms with van der Waals surface area (Å²) in [6.07, 6.45) is 8.44. The summed E-state index contributed by atoms with van der Waals surface area (Å²) in [6, 6.07) is 5.73. The highest BCUT2D eigenvalue weighted by Crippen LogP contribution is 2.28. The number of nitrogens with one attached hydrogen (secondary N) is 1. The van der Waals surface area contributed by atoms with Crippen LogP contribution in [0.5, 0.6) is 0 Å². The van der Waals surface area contributed by atoms with Gasteiger partial charge in [0.05, 0.1) is 5.56 Å². The Morgan fingerprint density at radius 1 is 0.960 bits per heavy atom. The number of carbonyl (C=O) groups is 2. The van der Waals surface area contributed by atoms with Crippen molar-refractivity contribution in [3.8, 4) is 0 Å². The molecule has 1 heterocycles. The summed E-state index contributed by atoms with van der Waals surface area (Å²) >= 11 is 0. The summed E-state index contributed by atoms with van der Waals surface area (Å²) in [6.45, 7) is 2.46. The second-order valence-electron chi connectivity index (χ2n) is 7.24. The van der Waals surface area contributed by atoms with Gasteiger partial charge < -0.3 is 21.7 Å². The Morgan fingerprint density at radius 2 is 1.64 bits per heavy atom. The maximum Gasteiger partial charge on any atom is 0.250 e. The maximum absolute atomic E-state index is 11.7. The molecule has 5 N–H and O–H groups in total. The number of anilines is 1.